The van der Waals surface area contributed by atoms with Gasteiger partial charge in [0.2, 0.25) is 0 Å². The van der Waals surface area contributed by atoms with Gasteiger partial charge in [-0.3, -0.25) is 19.1 Å². The van der Waals surface area contributed by atoms with Gasteiger partial charge in [-0.05, 0) is 77.3 Å². The molecule has 0 aliphatic carbocycles. The molecule has 0 unspecified atom stereocenters. The van der Waals surface area contributed by atoms with Gasteiger partial charge in [0, 0.05) is 12.1 Å². The third kappa shape index (κ3) is 7.05. The van der Waals surface area contributed by atoms with Crippen LogP contribution in [-0.4, -0.2) is 34.0 Å². The lowest BCUT2D eigenvalue weighted by molar-refractivity contribution is -0.136. The van der Waals surface area contributed by atoms with Crippen LogP contribution < -0.4 is 25.8 Å². The fraction of sp³-hybridized carbons (Fsp3) is 0.172. The molecule has 3 aromatic carbocycles. The monoisotopic (exact) mass is 639 g/mol. The Morgan fingerprint density at radius 3 is 2.51 bits per heavy atom. The lowest BCUT2D eigenvalue weighted by atomic mass is 10.2. The standard InChI is InChI=1S/C29H27BrClN5O5/c1-4-40-24-15-20(14-23(30)26(24)41-17-19-9-8-10-21(31)13-19)16-32-34-28(38)27(37)33-25-18(2)35(3)36(29(25)39)22-11-6-5-7-12-22/h5-16H,4,17H2,1-3H3,(H,33,37)(H,34,38)/b32-16+. The van der Waals surface area contributed by atoms with Crippen molar-refractivity contribution < 1.29 is 19.1 Å². The van der Waals surface area contributed by atoms with Gasteiger partial charge in [0.25, 0.3) is 5.56 Å². The van der Waals surface area contributed by atoms with Gasteiger partial charge in [-0.1, -0.05) is 41.9 Å². The summed E-state index contributed by atoms with van der Waals surface area (Å²) in [6.45, 7) is 4.18. The Bertz CT molecular complexity index is 1670. The molecule has 10 nitrogen and oxygen atoms in total. The van der Waals surface area contributed by atoms with Crippen LogP contribution in [0.4, 0.5) is 5.69 Å². The Morgan fingerprint density at radius 1 is 1.05 bits per heavy atom. The van der Waals surface area contributed by atoms with Crippen LogP contribution in [-0.2, 0) is 23.2 Å². The van der Waals surface area contributed by atoms with Crippen molar-refractivity contribution in [1.29, 1.82) is 0 Å². The highest BCUT2D eigenvalue weighted by Gasteiger charge is 2.21. The van der Waals surface area contributed by atoms with Crippen LogP contribution >= 0.6 is 27.5 Å². The van der Waals surface area contributed by atoms with Crippen molar-refractivity contribution in [3.05, 3.63) is 103 Å². The van der Waals surface area contributed by atoms with Crippen LogP contribution in [0.5, 0.6) is 11.5 Å². The minimum Gasteiger partial charge on any atom is -0.490 e. The topological polar surface area (TPSA) is 116 Å². The van der Waals surface area contributed by atoms with Crippen LogP contribution in [0.25, 0.3) is 5.69 Å². The van der Waals surface area contributed by atoms with Gasteiger partial charge in [0.05, 0.1) is 28.7 Å². The smallest absolute Gasteiger partial charge is 0.329 e. The largest absolute Gasteiger partial charge is 0.490 e. The van der Waals surface area contributed by atoms with Crippen LogP contribution in [0.1, 0.15) is 23.7 Å². The first-order valence-corrected chi connectivity index (χ1v) is 13.7. The maximum absolute atomic E-state index is 13.0. The zero-order valence-electron chi connectivity index (χ0n) is 22.5. The summed E-state index contributed by atoms with van der Waals surface area (Å²) in [6, 6.07) is 19.7. The summed E-state index contributed by atoms with van der Waals surface area (Å²) < 4.78 is 15.3. The molecule has 2 N–H and O–H groups in total. The van der Waals surface area contributed by atoms with Crippen molar-refractivity contribution in [2.45, 2.75) is 20.5 Å². The fourth-order valence-electron chi connectivity index (χ4n) is 3.95. The number of hydrogen-bond donors (Lipinski definition) is 2. The van der Waals surface area contributed by atoms with E-state index in [0.29, 0.717) is 44.5 Å². The Hall–Kier alpha value is -4.35. The van der Waals surface area contributed by atoms with Crippen molar-refractivity contribution in [1.82, 2.24) is 14.8 Å². The van der Waals surface area contributed by atoms with E-state index >= 15 is 0 Å². The third-order valence-electron chi connectivity index (χ3n) is 5.98. The average molecular weight is 641 g/mol. The van der Waals surface area contributed by atoms with Gasteiger partial charge in [0.15, 0.2) is 11.5 Å². The quantitative estimate of drug-likeness (QED) is 0.152. The molecular formula is C29H27BrClN5O5. The molecule has 41 heavy (non-hydrogen) atoms. The molecule has 212 valence electrons. The molecule has 0 saturated heterocycles. The number of nitrogens with zero attached hydrogens (tertiary/aromatic N) is 3. The number of hydrogen-bond acceptors (Lipinski definition) is 6. The Labute approximate surface area is 249 Å². The number of carbonyl (C=O) groups excluding carboxylic acids is 2. The molecule has 4 aromatic rings. The number of para-hydroxylation sites is 1. The zero-order valence-corrected chi connectivity index (χ0v) is 24.8. The molecule has 0 aliphatic rings. The first-order chi connectivity index (χ1) is 19.7. The predicted molar refractivity (Wildman–Crippen MR) is 161 cm³/mol. The van der Waals surface area contributed by atoms with Gasteiger partial charge in [-0.25, -0.2) is 10.1 Å². The molecule has 0 atom stereocenters. The minimum atomic E-state index is -1.04. The van der Waals surface area contributed by atoms with Crippen LogP contribution in [0.3, 0.4) is 0 Å². The number of rotatable bonds is 9. The van der Waals surface area contributed by atoms with E-state index in [2.05, 4.69) is 31.8 Å². The number of hydrazone groups is 1. The first kappa shape index (κ1) is 29.6. The highest BCUT2D eigenvalue weighted by atomic mass is 79.9. The maximum atomic E-state index is 13.0. The summed E-state index contributed by atoms with van der Waals surface area (Å²) in [5, 5.41) is 6.90. The zero-order chi connectivity index (χ0) is 29.5. The van der Waals surface area contributed by atoms with Crippen molar-refractivity contribution in [3.63, 3.8) is 0 Å². The Balaban J connectivity index is 1.43. The van der Waals surface area contributed by atoms with E-state index in [-0.39, 0.29) is 12.3 Å². The van der Waals surface area contributed by atoms with Crippen LogP contribution in [0, 0.1) is 6.92 Å². The van der Waals surface area contributed by atoms with E-state index < -0.39 is 17.4 Å². The Kier molecular flexibility index (Phi) is 9.64. The minimum absolute atomic E-state index is 0.000804. The van der Waals surface area contributed by atoms with E-state index in [1.807, 2.05) is 31.2 Å². The van der Waals surface area contributed by atoms with E-state index in [9.17, 15) is 14.4 Å². The van der Waals surface area contributed by atoms with Crippen molar-refractivity contribution in [3.8, 4) is 17.2 Å². The molecule has 0 aliphatic heterocycles. The number of halogens is 2. The lowest BCUT2D eigenvalue weighted by Crippen LogP contribution is -2.34. The predicted octanol–water partition coefficient (Wildman–Crippen LogP) is 4.97. The van der Waals surface area contributed by atoms with Crippen LogP contribution in [0.2, 0.25) is 5.02 Å². The van der Waals surface area contributed by atoms with E-state index in [4.69, 9.17) is 21.1 Å². The number of amides is 2. The molecule has 2 amide bonds. The van der Waals surface area contributed by atoms with Gasteiger partial charge in [0.1, 0.15) is 12.3 Å². The van der Waals surface area contributed by atoms with Gasteiger partial charge in [-0.15, -0.1) is 0 Å². The van der Waals surface area contributed by atoms with Gasteiger partial charge >= 0.3 is 11.8 Å². The number of benzene rings is 3. The highest BCUT2D eigenvalue weighted by molar-refractivity contribution is 9.10. The SMILES string of the molecule is CCOc1cc(/C=N/NC(=O)C(=O)Nc2c(C)n(C)n(-c3ccccc3)c2=O)cc(Br)c1OCc1cccc(Cl)c1. The molecule has 4 rings (SSSR count). The Morgan fingerprint density at radius 2 is 1.80 bits per heavy atom. The molecule has 0 fully saturated rings. The normalized spacial score (nSPS) is 11.0. The second-order valence-corrected chi connectivity index (χ2v) is 10.1. The van der Waals surface area contributed by atoms with Crippen molar-refractivity contribution in [2.75, 3.05) is 11.9 Å². The molecule has 0 bridgehead atoms. The van der Waals surface area contributed by atoms with Gasteiger partial charge in [-0.2, -0.15) is 5.10 Å². The van der Waals surface area contributed by atoms with E-state index in [1.165, 1.54) is 10.9 Å². The molecule has 1 aromatic heterocycles. The molecular weight excluding hydrogens is 614 g/mol. The third-order valence-corrected chi connectivity index (χ3v) is 6.81. The average Bonchev–Trinajstić information content (AvgIpc) is 3.16. The fourth-order valence-corrected chi connectivity index (χ4v) is 4.73. The van der Waals surface area contributed by atoms with Crippen LogP contribution in [0.15, 0.2) is 81.1 Å². The van der Waals surface area contributed by atoms with E-state index in [1.54, 1.807) is 61.1 Å². The number of aromatic nitrogens is 2. The second-order valence-electron chi connectivity index (χ2n) is 8.77. The summed E-state index contributed by atoms with van der Waals surface area (Å²) in [5.74, 6) is -1.12. The summed E-state index contributed by atoms with van der Waals surface area (Å²) in [7, 11) is 1.69. The molecule has 0 radical (unpaired) electrons. The second kappa shape index (κ2) is 13.3. The van der Waals surface area contributed by atoms with E-state index in [0.717, 1.165) is 5.56 Å². The molecule has 12 heteroatoms. The number of anilines is 1. The highest BCUT2D eigenvalue weighted by Crippen LogP contribution is 2.37. The molecule has 0 spiro atoms. The summed E-state index contributed by atoms with van der Waals surface area (Å²) >= 11 is 9.56. The lowest BCUT2D eigenvalue weighted by Gasteiger charge is -2.15. The number of carbonyl (C=O) groups is 2. The first-order valence-electron chi connectivity index (χ1n) is 12.5. The number of nitrogens with one attached hydrogen (secondary N) is 2. The van der Waals surface area contributed by atoms with Crippen molar-refractivity contribution in [2.24, 2.45) is 12.1 Å². The summed E-state index contributed by atoms with van der Waals surface area (Å²) in [6.07, 6.45) is 1.36. The molecule has 1 heterocycles. The van der Waals surface area contributed by atoms with Crippen molar-refractivity contribution >= 4 is 51.2 Å². The summed E-state index contributed by atoms with van der Waals surface area (Å²) in [5.41, 5.74) is 4.28. The number of ether oxygens (including phenoxy) is 2. The van der Waals surface area contributed by atoms with Gasteiger partial charge < -0.3 is 14.8 Å². The summed E-state index contributed by atoms with van der Waals surface area (Å²) in [4.78, 5) is 38.0. The maximum Gasteiger partial charge on any atom is 0.329 e. The molecule has 0 saturated carbocycles.